The zero-order valence-corrected chi connectivity index (χ0v) is 14.7. The molecule has 0 fully saturated rings. The molecule has 1 N–H and O–H groups in total. The summed E-state index contributed by atoms with van der Waals surface area (Å²) in [5, 5.41) is 6.86. The van der Waals surface area contributed by atoms with Crippen LogP contribution in [0.25, 0.3) is 0 Å². The van der Waals surface area contributed by atoms with E-state index >= 15 is 0 Å². The SMILES string of the molecule is CCNC(=O)N(Cc1ccccc1)CC1CC(c2ccccc2F)=NO1. The summed E-state index contributed by atoms with van der Waals surface area (Å²) in [5.41, 5.74) is 2.05. The lowest BCUT2D eigenvalue weighted by atomic mass is 10.0. The molecule has 0 saturated heterocycles. The van der Waals surface area contributed by atoms with Crippen LogP contribution in [0.2, 0.25) is 0 Å². The smallest absolute Gasteiger partial charge is 0.317 e. The van der Waals surface area contributed by atoms with Gasteiger partial charge in [0, 0.05) is 25.1 Å². The topological polar surface area (TPSA) is 53.9 Å². The number of hydrogen-bond acceptors (Lipinski definition) is 3. The van der Waals surface area contributed by atoms with Gasteiger partial charge in [-0.15, -0.1) is 0 Å². The maximum Gasteiger partial charge on any atom is 0.317 e. The van der Waals surface area contributed by atoms with Crippen molar-refractivity contribution in [2.75, 3.05) is 13.1 Å². The van der Waals surface area contributed by atoms with Crippen LogP contribution in [0, 0.1) is 5.82 Å². The predicted octanol–water partition coefficient (Wildman–Crippen LogP) is 3.55. The van der Waals surface area contributed by atoms with Crippen molar-refractivity contribution in [1.82, 2.24) is 10.2 Å². The van der Waals surface area contributed by atoms with Crippen LogP contribution >= 0.6 is 0 Å². The second-order valence-electron chi connectivity index (χ2n) is 6.15. The summed E-state index contributed by atoms with van der Waals surface area (Å²) in [4.78, 5) is 19.6. The Morgan fingerprint density at radius 1 is 1.23 bits per heavy atom. The molecule has 1 aliphatic rings. The zero-order valence-electron chi connectivity index (χ0n) is 14.7. The lowest BCUT2D eigenvalue weighted by Gasteiger charge is -2.25. The van der Waals surface area contributed by atoms with Crippen LogP contribution in [0.4, 0.5) is 9.18 Å². The quantitative estimate of drug-likeness (QED) is 0.861. The number of rotatable bonds is 6. The first-order chi connectivity index (χ1) is 12.7. The molecule has 1 heterocycles. The molecule has 1 aliphatic heterocycles. The summed E-state index contributed by atoms with van der Waals surface area (Å²) in [5.74, 6) is -0.319. The number of hydrogen-bond donors (Lipinski definition) is 1. The Balaban J connectivity index is 1.66. The van der Waals surface area contributed by atoms with E-state index in [1.54, 1.807) is 23.1 Å². The van der Waals surface area contributed by atoms with E-state index in [0.29, 0.717) is 37.3 Å². The summed E-state index contributed by atoms with van der Waals surface area (Å²) in [7, 11) is 0. The molecule has 0 saturated carbocycles. The maximum atomic E-state index is 13.9. The maximum absolute atomic E-state index is 13.9. The van der Waals surface area contributed by atoms with Gasteiger partial charge in [0.2, 0.25) is 0 Å². The highest BCUT2D eigenvalue weighted by molar-refractivity contribution is 6.01. The Morgan fingerprint density at radius 2 is 1.96 bits per heavy atom. The molecule has 0 spiro atoms. The Bertz CT molecular complexity index is 780. The molecule has 2 aromatic carbocycles. The van der Waals surface area contributed by atoms with Crippen molar-refractivity contribution in [2.24, 2.45) is 5.16 Å². The molecule has 1 atom stereocenters. The Morgan fingerprint density at radius 3 is 2.69 bits per heavy atom. The Hall–Kier alpha value is -2.89. The fraction of sp³-hybridized carbons (Fsp3) is 0.300. The molecule has 2 amide bonds. The van der Waals surface area contributed by atoms with Crippen LogP contribution in [0.15, 0.2) is 59.8 Å². The van der Waals surface area contributed by atoms with Crippen LogP contribution in [0.1, 0.15) is 24.5 Å². The molecular weight excluding hydrogens is 333 g/mol. The van der Waals surface area contributed by atoms with Crippen molar-refractivity contribution in [3.05, 3.63) is 71.5 Å². The zero-order chi connectivity index (χ0) is 18.4. The first-order valence-electron chi connectivity index (χ1n) is 8.71. The number of benzene rings is 2. The molecule has 0 radical (unpaired) electrons. The minimum absolute atomic E-state index is 0.153. The van der Waals surface area contributed by atoms with Gasteiger partial charge in [-0.1, -0.05) is 53.7 Å². The second-order valence-corrected chi connectivity index (χ2v) is 6.15. The van der Waals surface area contributed by atoms with Gasteiger partial charge in [-0.25, -0.2) is 9.18 Å². The first-order valence-corrected chi connectivity index (χ1v) is 8.71. The minimum Gasteiger partial charge on any atom is -0.390 e. The predicted molar refractivity (Wildman–Crippen MR) is 98.4 cm³/mol. The van der Waals surface area contributed by atoms with Gasteiger partial charge in [-0.3, -0.25) is 0 Å². The van der Waals surface area contributed by atoms with E-state index in [-0.39, 0.29) is 18.0 Å². The largest absolute Gasteiger partial charge is 0.390 e. The molecule has 1 unspecified atom stereocenters. The van der Waals surface area contributed by atoms with Crippen molar-refractivity contribution in [2.45, 2.75) is 26.0 Å². The van der Waals surface area contributed by atoms with E-state index in [1.165, 1.54) is 6.07 Å². The third-order valence-corrected chi connectivity index (χ3v) is 4.17. The molecule has 0 bridgehead atoms. The number of nitrogens with zero attached hydrogens (tertiary/aromatic N) is 2. The molecule has 0 aliphatic carbocycles. The summed E-state index contributed by atoms with van der Waals surface area (Å²) < 4.78 is 13.9. The highest BCUT2D eigenvalue weighted by Crippen LogP contribution is 2.20. The summed E-state index contributed by atoms with van der Waals surface area (Å²) >= 11 is 0. The molecule has 136 valence electrons. The van der Waals surface area contributed by atoms with Crippen LogP contribution in [0.3, 0.4) is 0 Å². The van der Waals surface area contributed by atoms with Crippen LogP contribution < -0.4 is 5.32 Å². The van der Waals surface area contributed by atoms with Crippen molar-refractivity contribution in [3.8, 4) is 0 Å². The first kappa shape index (κ1) is 17.9. The number of nitrogens with one attached hydrogen (secondary N) is 1. The van der Waals surface area contributed by atoms with E-state index in [0.717, 1.165) is 5.56 Å². The third-order valence-electron chi connectivity index (χ3n) is 4.17. The number of carbonyl (C=O) groups excluding carboxylic acids is 1. The van der Waals surface area contributed by atoms with E-state index in [4.69, 9.17) is 4.84 Å². The van der Waals surface area contributed by atoms with Gasteiger partial charge in [0.05, 0.1) is 12.3 Å². The highest BCUT2D eigenvalue weighted by Gasteiger charge is 2.27. The van der Waals surface area contributed by atoms with Gasteiger partial charge in [0.15, 0.2) is 6.10 Å². The van der Waals surface area contributed by atoms with Crippen LogP contribution in [0.5, 0.6) is 0 Å². The van der Waals surface area contributed by atoms with Gasteiger partial charge in [0.1, 0.15) is 5.82 Å². The number of carbonyl (C=O) groups is 1. The van der Waals surface area contributed by atoms with Crippen molar-refractivity contribution in [1.29, 1.82) is 0 Å². The van der Waals surface area contributed by atoms with Gasteiger partial charge in [-0.2, -0.15) is 0 Å². The average molecular weight is 355 g/mol. The molecule has 2 aromatic rings. The molecule has 3 rings (SSSR count). The van der Waals surface area contributed by atoms with Gasteiger partial charge < -0.3 is 15.1 Å². The van der Waals surface area contributed by atoms with Gasteiger partial charge >= 0.3 is 6.03 Å². The normalized spacial score (nSPS) is 15.9. The average Bonchev–Trinajstić information content (AvgIpc) is 3.11. The number of oxime groups is 1. The van der Waals surface area contributed by atoms with E-state index in [1.807, 2.05) is 37.3 Å². The number of halogens is 1. The lowest BCUT2D eigenvalue weighted by Crippen LogP contribution is -2.43. The van der Waals surface area contributed by atoms with E-state index in [9.17, 15) is 9.18 Å². The Labute approximate surface area is 152 Å². The highest BCUT2D eigenvalue weighted by atomic mass is 19.1. The Kier molecular flexibility index (Phi) is 5.84. The van der Waals surface area contributed by atoms with Crippen molar-refractivity contribution >= 4 is 11.7 Å². The van der Waals surface area contributed by atoms with Gasteiger partial charge in [-0.05, 0) is 18.6 Å². The molecule has 26 heavy (non-hydrogen) atoms. The number of amides is 2. The molecule has 6 heteroatoms. The van der Waals surface area contributed by atoms with Crippen LogP contribution in [-0.2, 0) is 11.4 Å². The minimum atomic E-state index is -0.319. The fourth-order valence-electron chi connectivity index (χ4n) is 2.91. The van der Waals surface area contributed by atoms with Gasteiger partial charge in [0.25, 0.3) is 0 Å². The van der Waals surface area contributed by atoms with Crippen LogP contribution in [-0.4, -0.2) is 35.8 Å². The molecule has 5 nitrogen and oxygen atoms in total. The fourth-order valence-corrected chi connectivity index (χ4v) is 2.91. The van der Waals surface area contributed by atoms with E-state index in [2.05, 4.69) is 10.5 Å². The van der Waals surface area contributed by atoms with Crippen molar-refractivity contribution in [3.63, 3.8) is 0 Å². The molecular formula is C20H22FN3O2. The monoisotopic (exact) mass is 355 g/mol. The summed E-state index contributed by atoms with van der Waals surface area (Å²) in [6, 6.07) is 16.1. The standard InChI is InChI=1S/C20H22FN3O2/c1-2-22-20(25)24(13-15-8-4-3-5-9-15)14-16-12-19(23-26-16)17-10-6-7-11-18(17)21/h3-11,16H,2,12-14H2,1H3,(H,22,25). The summed E-state index contributed by atoms with van der Waals surface area (Å²) in [6.07, 6.45) is 0.168. The third kappa shape index (κ3) is 4.39. The summed E-state index contributed by atoms with van der Waals surface area (Å²) in [6.45, 7) is 3.28. The lowest BCUT2D eigenvalue weighted by molar-refractivity contribution is 0.0590. The molecule has 0 aromatic heterocycles. The number of urea groups is 1. The second kappa shape index (κ2) is 8.47. The van der Waals surface area contributed by atoms with Crippen molar-refractivity contribution < 1.29 is 14.0 Å². The van der Waals surface area contributed by atoms with E-state index < -0.39 is 0 Å².